The molecule has 0 fully saturated rings. The van der Waals surface area contributed by atoms with Gasteiger partial charge in [0.15, 0.2) is 0 Å². The fourth-order valence-corrected chi connectivity index (χ4v) is 5.85. The Labute approximate surface area is 234 Å². The molecule has 202 valence electrons. The number of hydrogen-bond donors (Lipinski definition) is 1. The molecule has 0 aromatic heterocycles. The number of carbonyl (C=O) groups excluding carboxylic acids is 2. The number of rotatable bonds is 11. The number of hydrogen-bond acceptors (Lipinski definition) is 4. The highest BCUT2D eigenvalue weighted by Crippen LogP contribution is 2.31. The van der Waals surface area contributed by atoms with Crippen molar-refractivity contribution in [2.24, 2.45) is 0 Å². The van der Waals surface area contributed by atoms with Crippen molar-refractivity contribution in [3.63, 3.8) is 0 Å². The lowest BCUT2D eigenvalue weighted by molar-refractivity contribution is -0.140. The molecule has 0 heterocycles. The van der Waals surface area contributed by atoms with E-state index in [1.165, 1.54) is 17.0 Å². The van der Waals surface area contributed by atoms with Crippen LogP contribution in [0, 0.1) is 6.92 Å². The van der Waals surface area contributed by atoms with Gasteiger partial charge in [0.2, 0.25) is 11.8 Å². The molecule has 1 atom stereocenters. The number of nitrogens with zero attached hydrogens (tertiary/aromatic N) is 2. The maximum atomic E-state index is 13.9. The quantitative estimate of drug-likeness (QED) is 0.330. The lowest BCUT2D eigenvalue weighted by Crippen LogP contribution is -2.52. The van der Waals surface area contributed by atoms with E-state index in [1.807, 2.05) is 6.92 Å². The van der Waals surface area contributed by atoms with Crippen molar-refractivity contribution < 1.29 is 18.0 Å². The Balaban J connectivity index is 2.06. The third kappa shape index (κ3) is 7.07. The molecule has 0 aliphatic rings. The van der Waals surface area contributed by atoms with Crippen molar-refractivity contribution in [1.82, 2.24) is 10.2 Å². The van der Waals surface area contributed by atoms with Gasteiger partial charge in [-0.05, 0) is 62.2 Å². The van der Waals surface area contributed by atoms with Crippen LogP contribution in [0.1, 0.15) is 31.4 Å². The Morgan fingerprint density at radius 2 is 1.55 bits per heavy atom. The zero-order valence-electron chi connectivity index (χ0n) is 21.5. The van der Waals surface area contributed by atoms with Crippen LogP contribution < -0.4 is 9.62 Å². The summed E-state index contributed by atoms with van der Waals surface area (Å²) in [4.78, 5) is 28.3. The maximum Gasteiger partial charge on any atom is 0.264 e. The van der Waals surface area contributed by atoms with Crippen LogP contribution in [-0.2, 0) is 26.2 Å². The summed E-state index contributed by atoms with van der Waals surface area (Å²) in [6.45, 7) is 5.38. The van der Waals surface area contributed by atoms with Crippen molar-refractivity contribution in [3.8, 4) is 0 Å². The molecule has 10 heteroatoms. The summed E-state index contributed by atoms with van der Waals surface area (Å²) in [5, 5.41) is 3.49. The highest BCUT2D eigenvalue weighted by molar-refractivity contribution is 7.92. The molecule has 0 saturated heterocycles. The van der Waals surface area contributed by atoms with E-state index in [-0.39, 0.29) is 28.1 Å². The number of amides is 2. The second kappa shape index (κ2) is 13.1. The number of anilines is 1. The number of carbonyl (C=O) groups is 2. The number of halogens is 2. The van der Waals surface area contributed by atoms with Crippen LogP contribution in [0.5, 0.6) is 0 Å². The maximum absolute atomic E-state index is 13.9. The van der Waals surface area contributed by atoms with Gasteiger partial charge in [-0.2, -0.15) is 0 Å². The second-order valence-electron chi connectivity index (χ2n) is 8.74. The van der Waals surface area contributed by atoms with Crippen molar-refractivity contribution in [1.29, 1.82) is 0 Å². The topological polar surface area (TPSA) is 86.8 Å². The first-order chi connectivity index (χ1) is 18.1. The highest BCUT2D eigenvalue weighted by Gasteiger charge is 2.34. The number of para-hydroxylation sites is 1. The minimum absolute atomic E-state index is 0.0239. The van der Waals surface area contributed by atoms with Crippen LogP contribution >= 0.6 is 23.2 Å². The van der Waals surface area contributed by atoms with Gasteiger partial charge in [0.25, 0.3) is 10.0 Å². The van der Waals surface area contributed by atoms with E-state index < -0.39 is 28.5 Å². The van der Waals surface area contributed by atoms with E-state index in [4.69, 9.17) is 23.2 Å². The monoisotopic (exact) mass is 575 g/mol. The average molecular weight is 577 g/mol. The van der Waals surface area contributed by atoms with E-state index >= 15 is 0 Å². The number of sulfonamides is 1. The van der Waals surface area contributed by atoms with Gasteiger partial charge in [0.1, 0.15) is 12.6 Å². The van der Waals surface area contributed by atoms with Crippen molar-refractivity contribution in [2.45, 2.75) is 44.7 Å². The Morgan fingerprint density at radius 3 is 2.13 bits per heavy atom. The molecule has 0 aliphatic heterocycles. The van der Waals surface area contributed by atoms with Gasteiger partial charge in [-0.15, -0.1) is 0 Å². The molecule has 0 saturated carbocycles. The summed E-state index contributed by atoms with van der Waals surface area (Å²) < 4.78 is 28.7. The molecule has 1 N–H and O–H groups in total. The summed E-state index contributed by atoms with van der Waals surface area (Å²) in [5.41, 5.74) is 1.81. The molecule has 0 aliphatic carbocycles. The molecule has 0 unspecified atom stereocenters. The first kappa shape index (κ1) is 29.5. The van der Waals surface area contributed by atoms with Gasteiger partial charge in [0.05, 0.1) is 15.6 Å². The van der Waals surface area contributed by atoms with Crippen LogP contribution in [0.3, 0.4) is 0 Å². The third-order valence-electron chi connectivity index (χ3n) is 6.01. The van der Waals surface area contributed by atoms with Crippen LogP contribution in [0.25, 0.3) is 0 Å². The Bertz CT molecular complexity index is 1360. The molecule has 38 heavy (non-hydrogen) atoms. The fourth-order valence-electron chi connectivity index (χ4n) is 4.00. The van der Waals surface area contributed by atoms with Crippen molar-refractivity contribution >= 4 is 50.7 Å². The SMILES string of the molecule is CCNC(=O)[C@@H](CC)N(Cc1ccc(Cl)cc1)C(=O)CN(c1ccccc1Cl)S(=O)(=O)c1ccc(C)cc1. The summed E-state index contributed by atoms with van der Waals surface area (Å²) in [7, 11) is -4.18. The number of likely N-dealkylation sites (N-methyl/N-ethyl adjacent to an activating group) is 1. The van der Waals surface area contributed by atoms with E-state index in [0.29, 0.717) is 18.0 Å². The summed E-state index contributed by atoms with van der Waals surface area (Å²) in [5.74, 6) is -0.864. The molecule has 0 bridgehead atoms. The largest absolute Gasteiger partial charge is 0.355 e. The minimum Gasteiger partial charge on any atom is -0.355 e. The van der Waals surface area contributed by atoms with Gasteiger partial charge in [-0.3, -0.25) is 13.9 Å². The summed E-state index contributed by atoms with van der Waals surface area (Å²) >= 11 is 12.5. The second-order valence-corrected chi connectivity index (χ2v) is 11.4. The first-order valence-electron chi connectivity index (χ1n) is 12.2. The lowest BCUT2D eigenvalue weighted by Gasteiger charge is -2.33. The predicted molar refractivity (Wildman–Crippen MR) is 152 cm³/mol. The van der Waals surface area contributed by atoms with Gasteiger partial charge in [0, 0.05) is 18.1 Å². The van der Waals surface area contributed by atoms with Crippen LogP contribution in [0.15, 0.2) is 77.7 Å². The van der Waals surface area contributed by atoms with E-state index in [9.17, 15) is 18.0 Å². The molecule has 0 radical (unpaired) electrons. The minimum atomic E-state index is -4.18. The first-order valence-corrected chi connectivity index (χ1v) is 14.4. The summed E-state index contributed by atoms with van der Waals surface area (Å²) in [6.07, 6.45) is 0.335. The van der Waals surface area contributed by atoms with Crippen LogP contribution in [0.2, 0.25) is 10.0 Å². The Kier molecular flexibility index (Phi) is 10.2. The normalized spacial score (nSPS) is 12.0. The Morgan fingerprint density at radius 1 is 0.921 bits per heavy atom. The molecule has 3 rings (SSSR count). The average Bonchev–Trinajstić information content (AvgIpc) is 2.89. The van der Waals surface area contributed by atoms with Gasteiger partial charge in [-0.1, -0.05) is 72.1 Å². The van der Waals surface area contributed by atoms with Crippen molar-refractivity contribution in [3.05, 3.63) is 94.0 Å². The molecule has 2 amide bonds. The molecular formula is C28H31Cl2N3O4S. The zero-order chi connectivity index (χ0) is 27.9. The number of benzene rings is 3. The van der Waals surface area contributed by atoms with E-state index in [0.717, 1.165) is 15.4 Å². The standard InChI is InChI=1S/C28H31Cl2N3O4S/c1-4-25(28(35)31-5-2)32(18-21-12-14-22(29)15-13-21)27(34)19-33(26-9-7-6-8-24(26)30)38(36,37)23-16-10-20(3)11-17-23/h6-17,25H,4-5,18-19H2,1-3H3,(H,31,35)/t25-/m1/s1. The van der Waals surface area contributed by atoms with Crippen molar-refractivity contribution in [2.75, 3.05) is 17.4 Å². The molecule has 7 nitrogen and oxygen atoms in total. The Hall–Kier alpha value is -3.07. The van der Waals surface area contributed by atoms with E-state index in [2.05, 4.69) is 5.32 Å². The lowest BCUT2D eigenvalue weighted by atomic mass is 10.1. The zero-order valence-corrected chi connectivity index (χ0v) is 23.9. The molecular weight excluding hydrogens is 545 g/mol. The predicted octanol–water partition coefficient (Wildman–Crippen LogP) is 5.44. The molecule has 3 aromatic rings. The third-order valence-corrected chi connectivity index (χ3v) is 8.36. The highest BCUT2D eigenvalue weighted by atomic mass is 35.5. The van der Waals surface area contributed by atoms with Crippen LogP contribution in [-0.4, -0.2) is 44.3 Å². The molecule has 3 aromatic carbocycles. The smallest absolute Gasteiger partial charge is 0.264 e. The summed E-state index contributed by atoms with van der Waals surface area (Å²) in [6, 6.07) is 18.9. The number of aryl methyl sites for hydroxylation is 1. The number of nitrogens with one attached hydrogen (secondary N) is 1. The van der Waals surface area contributed by atoms with Gasteiger partial charge < -0.3 is 10.2 Å². The van der Waals surface area contributed by atoms with Gasteiger partial charge >= 0.3 is 0 Å². The van der Waals surface area contributed by atoms with Crippen LogP contribution in [0.4, 0.5) is 5.69 Å². The fraction of sp³-hybridized carbons (Fsp3) is 0.286. The van der Waals surface area contributed by atoms with Gasteiger partial charge in [-0.25, -0.2) is 8.42 Å². The van der Waals surface area contributed by atoms with E-state index in [1.54, 1.807) is 74.5 Å². The molecule has 0 spiro atoms.